The van der Waals surface area contributed by atoms with Crippen molar-refractivity contribution in [2.45, 2.75) is 96.8 Å². The number of hydrogen-bond donors (Lipinski definition) is 1. The Labute approximate surface area is 161 Å². The Kier molecular flexibility index (Phi) is 21.4. The Hall–Kier alpha value is -0.870. The summed E-state index contributed by atoms with van der Waals surface area (Å²) >= 11 is 0. The fourth-order valence-electron chi connectivity index (χ4n) is 2.92. The van der Waals surface area contributed by atoms with Crippen molar-refractivity contribution in [3.05, 3.63) is 12.2 Å². The van der Waals surface area contributed by atoms with Crippen molar-refractivity contribution >= 4 is 5.97 Å². The van der Waals surface area contributed by atoms with Crippen LogP contribution in [0.1, 0.15) is 96.8 Å². The maximum absolute atomic E-state index is 10.2. The molecule has 1 heterocycles. The van der Waals surface area contributed by atoms with E-state index in [0.29, 0.717) is 0 Å². The molecule has 0 aromatic rings. The van der Waals surface area contributed by atoms with E-state index in [1.807, 2.05) is 0 Å². The average molecular weight is 370 g/mol. The Morgan fingerprint density at radius 2 is 1.35 bits per heavy atom. The number of aliphatic carboxylic acids is 1. The Morgan fingerprint density at radius 1 is 0.846 bits per heavy atom. The van der Waals surface area contributed by atoms with Crippen LogP contribution in [0.2, 0.25) is 0 Å². The van der Waals surface area contributed by atoms with Gasteiger partial charge in [-0.3, -0.25) is 0 Å². The molecule has 1 aliphatic heterocycles. The third kappa shape index (κ3) is 23.1. The number of unbranched alkanes of at least 4 members (excludes halogenated alkanes) is 11. The lowest BCUT2D eigenvalue weighted by atomic mass is 10.1. The van der Waals surface area contributed by atoms with Crippen molar-refractivity contribution in [1.29, 1.82) is 0 Å². The molecule has 0 saturated carbocycles. The van der Waals surface area contributed by atoms with Crippen molar-refractivity contribution in [2.75, 3.05) is 26.3 Å². The quantitative estimate of drug-likeness (QED) is 0.355. The molecule has 4 nitrogen and oxygen atoms in total. The van der Waals surface area contributed by atoms with Crippen molar-refractivity contribution in [3.8, 4) is 0 Å². The molecule has 0 radical (unpaired) electrons. The second kappa shape index (κ2) is 22.2. The molecular formula is C22H43NO3. The molecule has 1 fully saturated rings. The number of carbonyl (C=O) groups excluding carboxylic acids is 1. The van der Waals surface area contributed by atoms with Gasteiger partial charge in [0.1, 0.15) is 0 Å². The van der Waals surface area contributed by atoms with Crippen molar-refractivity contribution in [1.82, 2.24) is 0 Å². The summed E-state index contributed by atoms with van der Waals surface area (Å²) in [6, 6.07) is 0. The van der Waals surface area contributed by atoms with Crippen LogP contribution in [0.15, 0.2) is 12.2 Å². The van der Waals surface area contributed by atoms with Gasteiger partial charge in [-0.05, 0) is 38.5 Å². The van der Waals surface area contributed by atoms with Gasteiger partial charge in [0.25, 0.3) is 0 Å². The first-order chi connectivity index (χ1) is 12.8. The maximum Gasteiger partial charge on any atom is 0.0993 e. The number of hydrogen-bond acceptors (Lipinski definition) is 3. The van der Waals surface area contributed by atoms with Crippen LogP contribution in [0.25, 0.3) is 0 Å². The Bertz CT molecular complexity index is 303. The minimum Gasteiger partial charge on any atom is -0.550 e. The molecule has 0 amide bonds. The minimum atomic E-state index is -0.914. The number of morpholine rings is 1. The minimum absolute atomic E-state index is 0.220. The summed E-state index contributed by atoms with van der Waals surface area (Å²) in [5, 5.41) is 12.5. The largest absolute Gasteiger partial charge is 0.550 e. The zero-order valence-electron chi connectivity index (χ0n) is 17.2. The molecule has 26 heavy (non-hydrogen) atoms. The van der Waals surface area contributed by atoms with Crippen LogP contribution in [-0.4, -0.2) is 32.3 Å². The molecule has 0 spiro atoms. The van der Waals surface area contributed by atoms with E-state index in [1.54, 1.807) is 0 Å². The van der Waals surface area contributed by atoms with E-state index in [4.69, 9.17) is 4.74 Å². The van der Waals surface area contributed by atoms with Crippen LogP contribution >= 0.6 is 0 Å². The summed E-state index contributed by atoms with van der Waals surface area (Å²) in [5.74, 6) is -0.914. The summed E-state index contributed by atoms with van der Waals surface area (Å²) in [4.78, 5) is 10.2. The third-order valence-electron chi connectivity index (χ3n) is 4.58. The number of allylic oxidation sites excluding steroid dienone is 2. The zero-order valence-corrected chi connectivity index (χ0v) is 17.2. The van der Waals surface area contributed by atoms with Crippen LogP contribution in [-0.2, 0) is 9.53 Å². The lowest BCUT2D eigenvalue weighted by molar-refractivity contribution is -0.670. The number of carbonyl (C=O) groups is 1. The predicted octanol–water partition coefficient (Wildman–Crippen LogP) is 3.35. The number of ether oxygens (including phenoxy) is 1. The van der Waals surface area contributed by atoms with E-state index in [0.717, 1.165) is 45.6 Å². The SMILES string of the molecule is C1COCC[NH2+]1.CCCCCCCCC=CCCCCCCCC(=O)[O-]. The highest BCUT2D eigenvalue weighted by Gasteiger charge is 1.97. The summed E-state index contributed by atoms with van der Waals surface area (Å²) in [7, 11) is 0. The van der Waals surface area contributed by atoms with E-state index in [1.165, 1.54) is 64.2 Å². The number of carboxylic acid groups (broad SMARTS) is 1. The topological polar surface area (TPSA) is 66.0 Å². The highest BCUT2D eigenvalue weighted by Crippen LogP contribution is 2.09. The molecule has 4 heteroatoms. The van der Waals surface area contributed by atoms with Crippen LogP contribution in [0.5, 0.6) is 0 Å². The fourth-order valence-corrected chi connectivity index (χ4v) is 2.92. The highest BCUT2D eigenvalue weighted by molar-refractivity contribution is 5.63. The van der Waals surface area contributed by atoms with Crippen molar-refractivity contribution < 1.29 is 20.0 Å². The standard InChI is InChI=1S/C18H34O2.C4H9NO/c1-2-3-4-5-6-7-8-9-10-11-12-13-14-15-16-17-18(19)20;1-3-6-4-2-5-1/h9-10H,2-8,11-17H2,1H3,(H,19,20);5H,1-4H2. The van der Waals surface area contributed by atoms with E-state index in [-0.39, 0.29) is 6.42 Å². The maximum atomic E-state index is 10.2. The van der Waals surface area contributed by atoms with Gasteiger partial charge in [-0.2, -0.15) is 0 Å². The van der Waals surface area contributed by atoms with Crippen LogP contribution < -0.4 is 10.4 Å². The van der Waals surface area contributed by atoms with Gasteiger partial charge in [-0.15, -0.1) is 0 Å². The average Bonchev–Trinajstić information content (AvgIpc) is 2.66. The molecular weight excluding hydrogens is 326 g/mol. The second-order valence-corrected chi connectivity index (χ2v) is 7.18. The molecule has 1 rings (SSSR count). The van der Waals surface area contributed by atoms with Gasteiger partial charge in [-0.25, -0.2) is 0 Å². The molecule has 0 aliphatic carbocycles. The van der Waals surface area contributed by atoms with Gasteiger partial charge in [0, 0.05) is 5.97 Å². The monoisotopic (exact) mass is 369 g/mol. The van der Waals surface area contributed by atoms with Crippen LogP contribution in [0.3, 0.4) is 0 Å². The predicted molar refractivity (Wildman–Crippen MR) is 107 cm³/mol. The molecule has 0 unspecified atom stereocenters. The highest BCUT2D eigenvalue weighted by atomic mass is 16.5. The first-order valence-corrected chi connectivity index (χ1v) is 11.0. The van der Waals surface area contributed by atoms with Gasteiger partial charge in [0.15, 0.2) is 0 Å². The van der Waals surface area contributed by atoms with Gasteiger partial charge in [0.2, 0.25) is 0 Å². The van der Waals surface area contributed by atoms with Crippen molar-refractivity contribution in [2.24, 2.45) is 0 Å². The van der Waals surface area contributed by atoms with E-state index < -0.39 is 5.97 Å². The van der Waals surface area contributed by atoms with Crippen LogP contribution in [0, 0.1) is 0 Å². The molecule has 0 bridgehead atoms. The number of rotatable bonds is 15. The van der Waals surface area contributed by atoms with Crippen molar-refractivity contribution in [3.63, 3.8) is 0 Å². The molecule has 0 aromatic heterocycles. The summed E-state index contributed by atoms with van der Waals surface area (Å²) in [5.41, 5.74) is 0. The Morgan fingerprint density at radius 3 is 1.77 bits per heavy atom. The lowest BCUT2D eigenvalue weighted by Gasteiger charge is -2.07. The first-order valence-electron chi connectivity index (χ1n) is 11.0. The van der Waals surface area contributed by atoms with Crippen LogP contribution in [0.4, 0.5) is 0 Å². The molecule has 154 valence electrons. The summed E-state index contributed by atoms with van der Waals surface area (Å²) in [6.07, 6.45) is 20.9. The molecule has 2 N–H and O–H groups in total. The second-order valence-electron chi connectivity index (χ2n) is 7.18. The number of nitrogens with two attached hydrogens (primary N) is 1. The van der Waals surface area contributed by atoms with Gasteiger partial charge in [-0.1, -0.05) is 70.4 Å². The lowest BCUT2D eigenvalue weighted by Crippen LogP contribution is -2.87. The first kappa shape index (κ1) is 25.1. The van der Waals surface area contributed by atoms with Gasteiger partial charge >= 0.3 is 0 Å². The molecule has 0 aromatic carbocycles. The molecule has 1 aliphatic rings. The van der Waals surface area contributed by atoms with E-state index in [2.05, 4.69) is 24.4 Å². The van der Waals surface area contributed by atoms with Gasteiger partial charge < -0.3 is 20.0 Å². The van der Waals surface area contributed by atoms with Gasteiger partial charge in [0.05, 0.1) is 26.3 Å². The number of carboxylic acids is 1. The zero-order chi connectivity index (χ0) is 19.1. The molecule has 1 saturated heterocycles. The van der Waals surface area contributed by atoms with E-state index in [9.17, 15) is 9.90 Å². The molecule has 0 atom stereocenters. The summed E-state index contributed by atoms with van der Waals surface area (Å²) in [6.45, 7) is 6.45. The normalized spacial score (nSPS) is 14.2. The number of quaternary nitrogens is 1. The summed E-state index contributed by atoms with van der Waals surface area (Å²) < 4.78 is 5.04. The Balaban J connectivity index is 0.000000867. The van der Waals surface area contributed by atoms with E-state index >= 15 is 0 Å². The fraction of sp³-hybridized carbons (Fsp3) is 0.864. The smallest absolute Gasteiger partial charge is 0.0993 e. The third-order valence-corrected chi connectivity index (χ3v) is 4.58.